The number of nitrogens with zero attached hydrogens (tertiary/aromatic N) is 1. The number of aromatic nitrogens is 2. The molecule has 1 aromatic heterocycles. The standard InChI is InChI=1S/C9H12IN3O/c1-5-2-6(3-5)13-8-7(10)9(14)12-4-11-8/h4-6H,2-3H2,1H3,(H2,11,12,13,14). The fourth-order valence-electron chi connectivity index (χ4n) is 1.70. The Morgan fingerprint density at radius 3 is 3.00 bits per heavy atom. The van der Waals surface area contributed by atoms with E-state index in [1.807, 2.05) is 22.6 Å². The molecule has 76 valence electrons. The fraction of sp³-hybridized carbons (Fsp3) is 0.556. The second-order valence-electron chi connectivity index (χ2n) is 3.81. The zero-order chi connectivity index (χ0) is 10.1. The topological polar surface area (TPSA) is 57.8 Å². The average molecular weight is 305 g/mol. The van der Waals surface area contributed by atoms with E-state index in [0.29, 0.717) is 15.4 Å². The normalized spacial score (nSPS) is 25.6. The average Bonchev–Trinajstić information content (AvgIpc) is 2.10. The lowest BCUT2D eigenvalue weighted by atomic mass is 9.82. The summed E-state index contributed by atoms with van der Waals surface area (Å²) in [5, 5.41) is 3.28. The second kappa shape index (κ2) is 3.88. The van der Waals surface area contributed by atoms with Gasteiger partial charge in [0.15, 0.2) is 0 Å². The maximum absolute atomic E-state index is 11.2. The van der Waals surface area contributed by atoms with E-state index in [9.17, 15) is 4.79 Å². The first-order valence-electron chi connectivity index (χ1n) is 4.66. The van der Waals surface area contributed by atoms with Gasteiger partial charge in [-0.2, -0.15) is 0 Å². The molecule has 1 aromatic rings. The van der Waals surface area contributed by atoms with E-state index in [-0.39, 0.29) is 5.56 Å². The number of aromatic amines is 1. The minimum atomic E-state index is -0.0736. The number of nitrogens with one attached hydrogen (secondary N) is 2. The Balaban J connectivity index is 2.10. The summed E-state index contributed by atoms with van der Waals surface area (Å²) in [4.78, 5) is 17.9. The highest BCUT2D eigenvalue weighted by Gasteiger charge is 2.25. The predicted molar refractivity (Wildman–Crippen MR) is 63.4 cm³/mol. The molecule has 0 radical (unpaired) electrons. The van der Waals surface area contributed by atoms with Crippen molar-refractivity contribution in [2.45, 2.75) is 25.8 Å². The Morgan fingerprint density at radius 2 is 2.36 bits per heavy atom. The molecule has 0 bridgehead atoms. The lowest BCUT2D eigenvalue weighted by Crippen LogP contribution is -2.35. The molecule has 5 heteroatoms. The maximum Gasteiger partial charge on any atom is 0.266 e. The largest absolute Gasteiger partial charge is 0.366 e. The molecule has 4 nitrogen and oxygen atoms in total. The van der Waals surface area contributed by atoms with Crippen LogP contribution in [0.15, 0.2) is 11.1 Å². The van der Waals surface area contributed by atoms with Crippen LogP contribution in [0.1, 0.15) is 19.8 Å². The summed E-state index contributed by atoms with van der Waals surface area (Å²) >= 11 is 2.02. The Labute approximate surface area is 95.7 Å². The second-order valence-corrected chi connectivity index (χ2v) is 4.89. The van der Waals surface area contributed by atoms with Crippen molar-refractivity contribution >= 4 is 28.4 Å². The van der Waals surface area contributed by atoms with E-state index in [4.69, 9.17) is 0 Å². The first-order chi connectivity index (χ1) is 6.66. The molecule has 0 unspecified atom stereocenters. The molecule has 1 heterocycles. The Hall–Kier alpha value is -0.590. The molecule has 1 aliphatic rings. The van der Waals surface area contributed by atoms with Crippen LogP contribution in [-0.2, 0) is 0 Å². The highest BCUT2D eigenvalue weighted by atomic mass is 127. The van der Waals surface area contributed by atoms with Crippen molar-refractivity contribution in [1.82, 2.24) is 9.97 Å². The van der Waals surface area contributed by atoms with Crippen LogP contribution in [0.25, 0.3) is 0 Å². The number of hydrogen-bond acceptors (Lipinski definition) is 3. The van der Waals surface area contributed by atoms with Gasteiger partial charge in [0.2, 0.25) is 0 Å². The third kappa shape index (κ3) is 1.92. The Bertz CT molecular complexity index is 384. The van der Waals surface area contributed by atoms with Gasteiger partial charge in [-0.05, 0) is 41.4 Å². The third-order valence-corrected chi connectivity index (χ3v) is 3.51. The molecule has 0 saturated heterocycles. The van der Waals surface area contributed by atoms with E-state index >= 15 is 0 Å². The minimum absolute atomic E-state index is 0.0736. The smallest absolute Gasteiger partial charge is 0.266 e. The molecule has 2 rings (SSSR count). The van der Waals surface area contributed by atoms with Crippen molar-refractivity contribution in [3.05, 3.63) is 20.3 Å². The molecule has 1 aliphatic carbocycles. The van der Waals surface area contributed by atoms with Crippen LogP contribution in [0.5, 0.6) is 0 Å². The van der Waals surface area contributed by atoms with Gasteiger partial charge in [-0.25, -0.2) is 4.98 Å². The van der Waals surface area contributed by atoms with Gasteiger partial charge in [-0.1, -0.05) is 6.92 Å². The van der Waals surface area contributed by atoms with Crippen LogP contribution in [0.3, 0.4) is 0 Å². The molecule has 0 amide bonds. The molecule has 0 aromatic carbocycles. The minimum Gasteiger partial charge on any atom is -0.366 e. The van der Waals surface area contributed by atoms with Gasteiger partial charge >= 0.3 is 0 Å². The summed E-state index contributed by atoms with van der Waals surface area (Å²) < 4.78 is 0.643. The zero-order valence-electron chi connectivity index (χ0n) is 7.88. The molecule has 0 atom stereocenters. The van der Waals surface area contributed by atoms with Gasteiger partial charge in [-0.3, -0.25) is 4.79 Å². The van der Waals surface area contributed by atoms with Crippen LogP contribution in [0.2, 0.25) is 0 Å². The zero-order valence-corrected chi connectivity index (χ0v) is 10.0. The fourth-order valence-corrected chi connectivity index (χ4v) is 2.15. The molecular formula is C9H12IN3O. The Kier molecular flexibility index (Phi) is 2.76. The van der Waals surface area contributed by atoms with E-state index in [1.54, 1.807) is 0 Å². The summed E-state index contributed by atoms with van der Waals surface area (Å²) in [6.07, 6.45) is 3.78. The van der Waals surface area contributed by atoms with Gasteiger partial charge in [0.05, 0.1) is 6.33 Å². The molecule has 1 saturated carbocycles. The summed E-state index contributed by atoms with van der Waals surface area (Å²) in [6, 6.07) is 0.493. The van der Waals surface area contributed by atoms with Gasteiger partial charge < -0.3 is 10.3 Å². The molecule has 1 fully saturated rings. The molecule has 0 spiro atoms. The summed E-state index contributed by atoms with van der Waals surface area (Å²) in [5.41, 5.74) is -0.0736. The summed E-state index contributed by atoms with van der Waals surface area (Å²) in [6.45, 7) is 2.23. The molecular weight excluding hydrogens is 293 g/mol. The van der Waals surface area contributed by atoms with Gasteiger partial charge in [0.1, 0.15) is 9.39 Å². The molecule has 0 aliphatic heterocycles. The van der Waals surface area contributed by atoms with E-state index < -0.39 is 0 Å². The van der Waals surface area contributed by atoms with Gasteiger partial charge in [-0.15, -0.1) is 0 Å². The van der Waals surface area contributed by atoms with Gasteiger partial charge in [0, 0.05) is 6.04 Å². The SMILES string of the molecule is CC1CC(Nc2nc[nH]c(=O)c2I)C1. The van der Waals surface area contributed by atoms with Crippen LogP contribution in [0.4, 0.5) is 5.82 Å². The van der Waals surface area contributed by atoms with Crippen molar-refractivity contribution < 1.29 is 0 Å². The van der Waals surface area contributed by atoms with Crippen LogP contribution >= 0.6 is 22.6 Å². The van der Waals surface area contributed by atoms with E-state index in [2.05, 4.69) is 22.2 Å². The highest BCUT2D eigenvalue weighted by Crippen LogP contribution is 2.29. The predicted octanol–water partition coefficient (Wildman–Crippen LogP) is 1.58. The molecule has 14 heavy (non-hydrogen) atoms. The number of rotatable bonds is 2. The first-order valence-corrected chi connectivity index (χ1v) is 5.74. The number of anilines is 1. The first kappa shape index (κ1) is 9.95. The van der Waals surface area contributed by atoms with Crippen LogP contribution in [-0.4, -0.2) is 16.0 Å². The van der Waals surface area contributed by atoms with E-state index in [1.165, 1.54) is 19.2 Å². The summed E-state index contributed by atoms with van der Waals surface area (Å²) in [5.74, 6) is 1.51. The van der Waals surface area contributed by atoms with Crippen LogP contribution < -0.4 is 10.9 Å². The maximum atomic E-state index is 11.2. The lowest BCUT2D eigenvalue weighted by molar-refractivity contribution is 0.308. The van der Waals surface area contributed by atoms with Crippen molar-refractivity contribution in [3.63, 3.8) is 0 Å². The molecule has 2 N–H and O–H groups in total. The lowest BCUT2D eigenvalue weighted by Gasteiger charge is -2.33. The van der Waals surface area contributed by atoms with Crippen LogP contribution in [0, 0.1) is 9.49 Å². The monoisotopic (exact) mass is 305 g/mol. The van der Waals surface area contributed by atoms with Gasteiger partial charge in [0.25, 0.3) is 5.56 Å². The quantitative estimate of drug-likeness (QED) is 0.816. The summed E-state index contributed by atoms with van der Waals surface area (Å²) in [7, 11) is 0. The Morgan fingerprint density at radius 1 is 1.64 bits per heavy atom. The van der Waals surface area contributed by atoms with E-state index in [0.717, 1.165) is 5.92 Å². The number of halogens is 1. The number of H-pyrrole nitrogens is 1. The van der Waals surface area contributed by atoms with Crippen molar-refractivity contribution in [1.29, 1.82) is 0 Å². The van der Waals surface area contributed by atoms with Crippen molar-refractivity contribution in [3.8, 4) is 0 Å². The highest BCUT2D eigenvalue weighted by molar-refractivity contribution is 14.1. The number of hydrogen-bond donors (Lipinski definition) is 2. The van der Waals surface area contributed by atoms with Crippen molar-refractivity contribution in [2.75, 3.05) is 5.32 Å². The van der Waals surface area contributed by atoms with Crippen molar-refractivity contribution in [2.24, 2.45) is 5.92 Å². The third-order valence-electron chi connectivity index (χ3n) is 2.51.